The summed E-state index contributed by atoms with van der Waals surface area (Å²) < 4.78 is 26.6. The number of carbonyl (C=O) groups excluding carboxylic acids is 1. The van der Waals surface area contributed by atoms with E-state index in [9.17, 15) is 13.2 Å². The van der Waals surface area contributed by atoms with Crippen molar-refractivity contribution in [3.63, 3.8) is 0 Å². The number of nitrogens with zero attached hydrogens (tertiary/aromatic N) is 2. The molecule has 0 aromatic heterocycles. The zero-order valence-corrected chi connectivity index (χ0v) is 17.5. The molecular formula is C21H26N4O3S. The van der Waals surface area contributed by atoms with Gasteiger partial charge in [-0.15, -0.1) is 0 Å². The van der Waals surface area contributed by atoms with E-state index < -0.39 is 10.0 Å². The molecule has 2 N–H and O–H groups in total. The molecule has 2 aliphatic heterocycles. The number of rotatable bonds is 4. The number of benzene rings is 2. The standard InChI is InChI=1S/C21H26N4O3S/c1-15-13-16-5-10-19(29(27,28)22-2)14-20(16)25(15)21(26)23-17-6-8-18(9-7-17)24-11-3-4-12-24/h5-10,14-15,22H,3-4,11-13H2,1-2H3,(H,23,26). The Labute approximate surface area is 171 Å². The molecule has 4 rings (SSSR count). The van der Waals surface area contributed by atoms with Gasteiger partial charge >= 0.3 is 6.03 Å². The Morgan fingerprint density at radius 2 is 1.76 bits per heavy atom. The SMILES string of the molecule is CNS(=O)(=O)c1ccc2c(c1)N(C(=O)Nc1ccc(N3CCCC3)cc1)C(C)C2. The largest absolute Gasteiger partial charge is 0.372 e. The highest BCUT2D eigenvalue weighted by Gasteiger charge is 2.32. The number of anilines is 3. The van der Waals surface area contributed by atoms with Crippen molar-refractivity contribution in [3.8, 4) is 0 Å². The van der Waals surface area contributed by atoms with E-state index in [1.54, 1.807) is 23.1 Å². The molecule has 1 saturated heterocycles. The number of carbonyl (C=O) groups is 1. The molecule has 29 heavy (non-hydrogen) atoms. The van der Waals surface area contributed by atoms with Crippen LogP contribution in [-0.2, 0) is 16.4 Å². The van der Waals surface area contributed by atoms with Gasteiger partial charge in [-0.05, 0) is 75.2 Å². The summed E-state index contributed by atoms with van der Waals surface area (Å²) in [5.74, 6) is 0. The molecule has 154 valence electrons. The Kier molecular flexibility index (Phi) is 5.23. The predicted octanol–water partition coefficient (Wildman–Crippen LogP) is 3.18. The summed E-state index contributed by atoms with van der Waals surface area (Å²) in [5.41, 5.74) is 3.49. The van der Waals surface area contributed by atoms with E-state index in [0.717, 1.165) is 24.3 Å². The Morgan fingerprint density at radius 3 is 2.41 bits per heavy atom. The van der Waals surface area contributed by atoms with E-state index >= 15 is 0 Å². The molecule has 0 spiro atoms. The maximum absolute atomic E-state index is 13.0. The van der Waals surface area contributed by atoms with Crippen LogP contribution in [0.1, 0.15) is 25.3 Å². The summed E-state index contributed by atoms with van der Waals surface area (Å²) in [7, 11) is -2.19. The van der Waals surface area contributed by atoms with Gasteiger partial charge < -0.3 is 10.2 Å². The van der Waals surface area contributed by atoms with Crippen molar-refractivity contribution >= 4 is 33.1 Å². The van der Waals surface area contributed by atoms with Gasteiger partial charge in [0.15, 0.2) is 0 Å². The fraction of sp³-hybridized carbons (Fsp3) is 0.381. The van der Waals surface area contributed by atoms with Crippen LogP contribution in [0.15, 0.2) is 47.4 Å². The maximum Gasteiger partial charge on any atom is 0.326 e. The molecule has 8 heteroatoms. The van der Waals surface area contributed by atoms with Crippen LogP contribution >= 0.6 is 0 Å². The highest BCUT2D eigenvalue weighted by molar-refractivity contribution is 7.89. The quantitative estimate of drug-likeness (QED) is 0.805. The van der Waals surface area contributed by atoms with E-state index in [0.29, 0.717) is 12.1 Å². The van der Waals surface area contributed by atoms with E-state index in [4.69, 9.17) is 0 Å². The van der Waals surface area contributed by atoms with Crippen molar-refractivity contribution in [2.45, 2.75) is 37.1 Å². The molecule has 0 aliphatic carbocycles. The second-order valence-corrected chi connectivity index (χ2v) is 9.48. The molecule has 2 aromatic carbocycles. The van der Waals surface area contributed by atoms with Gasteiger partial charge in [-0.3, -0.25) is 4.90 Å². The summed E-state index contributed by atoms with van der Waals surface area (Å²) in [4.78, 5) is 17.1. The van der Waals surface area contributed by atoms with Crippen LogP contribution in [0.2, 0.25) is 0 Å². The topological polar surface area (TPSA) is 81.8 Å². The van der Waals surface area contributed by atoms with Crippen LogP contribution in [0.25, 0.3) is 0 Å². The summed E-state index contributed by atoms with van der Waals surface area (Å²) in [6.45, 7) is 4.11. The van der Waals surface area contributed by atoms with E-state index in [1.165, 1.54) is 25.6 Å². The van der Waals surface area contributed by atoms with Crippen LogP contribution in [0.4, 0.5) is 21.9 Å². The molecule has 0 saturated carbocycles. The lowest BCUT2D eigenvalue weighted by molar-refractivity contribution is 0.256. The molecule has 1 fully saturated rings. The normalized spacial score (nSPS) is 18.8. The molecule has 2 aliphatic rings. The number of sulfonamides is 1. The predicted molar refractivity (Wildman–Crippen MR) is 115 cm³/mol. The Hall–Kier alpha value is -2.58. The first-order chi connectivity index (χ1) is 13.9. The molecule has 1 unspecified atom stereocenters. The summed E-state index contributed by atoms with van der Waals surface area (Å²) in [6, 6.07) is 12.5. The molecule has 2 heterocycles. The molecule has 0 radical (unpaired) electrons. The number of urea groups is 1. The van der Waals surface area contributed by atoms with Crippen LogP contribution in [-0.4, -0.2) is 40.6 Å². The van der Waals surface area contributed by atoms with Crippen molar-refractivity contribution in [3.05, 3.63) is 48.0 Å². The minimum absolute atomic E-state index is 0.0542. The summed E-state index contributed by atoms with van der Waals surface area (Å²) >= 11 is 0. The van der Waals surface area contributed by atoms with Gasteiger partial charge in [-0.2, -0.15) is 0 Å². The van der Waals surface area contributed by atoms with E-state index in [2.05, 4.69) is 14.9 Å². The zero-order valence-electron chi connectivity index (χ0n) is 16.7. The molecule has 0 bridgehead atoms. The second-order valence-electron chi connectivity index (χ2n) is 7.59. The van der Waals surface area contributed by atoms with E-state index in [-0.39, 0.29) is 17.0 Å². The molecule has 1 atom stereocenters. The second kappa shape index (κ2) is 7.68. The summed E-state index contributed by atoms with van der Waals surface area (Å²) in [5, 5.41) is 2.95. The van der Waals surface area contributed by atoms with Gasteiger partial charge in [0.25, 0.3) is 0 Å². The first-order valence-corrected chi connectivity index (χ1v) is 11.4. The number of nitrogens with one attached hydrogen (secondary N) is 2. The zero-order chi connectivity index (χ0) is 20.6. The number of fused-ring (bicyclic) bond motifs is 1. The van der Waals surface area contributed by atoms with Gasteiger partial charge in [0, 0.05) is 30.5 Å². The third-order valence-corrected chi connectivity index (χ3v) is 7.07. The van der Waals surface area contributed by atoms with E-state index in [1.807, 2.05) is 31.2 Å². The molecular weight excluding hydrogens is 388 g/mol. The smallest absolute Gasteiger partial charge is 0.326 e. The van der Waals surface area contributed by atoms with Gasteiger partial charge in [-0.1, -0.05) is 6.07 Å². The van der Waals surface area contributed by atoms with Gasteiger partial charge in [0.05, 0.1) is 10.6 Å². The maximum atomic E-state index is 13.0. The minimum atomic E-state index is -3.57. The van der Waals surface area contributed by atoms with Gasteiger partial charge in [-0.25, -0.2) is 17.9 Å². The highest BCUT2D eigenvalue weighted by atomic mass is 32.2. The van der Waals surface area contributed by atoms with Crippen LogP contribution < -0.4 is 19.8 Å². The van der Waals surface area contributed by atoms with Crippen molar-refractivity contribution in [2.75, 3.05) is 35.3 Å². The Morgan fingerprint density at radius 1 is 1.07 bits per heavy atom. The lowest BCUT2D eigenvalue weighted by atomic mass is 10.1. The van der Waals surface area contributed by atoms with Crippen molar-refractivity contribution in [2.24, 2.45) is 0 Å². The van der Waals surface area contributed by atoms with Crippen LogP contribution in [0, 0.1) is 0 Å². The highest BCUT2D eigenvalue weighted by Crippen LogP contribution is 2.34. The van der Waals surface area contributed by atoms with Crippen molar-refractivity contribution in [1.29, 1.82) is 0 Å². The number of amides is 2. The van der Waals surface area contributed by atoms with Crippen molar-refractivity contribution in [1.82, 2.24) is 4.72 Å². The average Bonchev–Trinajstić information content (AvgIpc) is 3.35. The van der Waals surface area contributed by atoms with Crippen LogP contribution in [0.3, 0.4) is 0 Å². The summed E-state index contributed by atoms with van der Waals surface area (Å²) in [6.07, 6.45) is 3.13. The van der Waals surface area contributed by atoms with Crippen molar-refractivity contribution < 1.29 is 13.2 Å². The molecule has 7 nitrogen and oxygen atoms in total. The lowest BCUT2D eigenvalue weighted by Crippen LogP contribution is -2.39. The molecule has 2 aromatic rings. The third kappa shape index (κ3) is 3.82. The number of hydrogen-bond donors (Lipinski definition) is 2. The first kappa shape index (κ1) is 19.7. The Bertz CT molecular complexity index is 1010. The lowest BCUT2D eigenvalue weighted by Gasteiger charge is -2.24. The number of hydrogen-bond acceptors (Lipinski definition) is 4. The Balaban J connectivity index is 1.54. The average molecular weight is 415 g/mol. The minimum Gasteiger partial charge on any atom is -0.372 e. The fourth-order valence-electron chi connectivity index (χ4n) is 4.10. The van der Waals surface area contributed by atoms with Crippen LogP contribution in [0.5, 0.6) is 0 Å². The van der Waals surface area contributed by atoms with Gasteiger partial charge in [0.2, 0.25) is 10.0 Å². The van der Waals surface area contributed by atoms with Gasteiger partial charge in [0.1, 0.15) is 0 Å². The molecule has 2 amide bonds. The fourth-order valence-corrected chi connectivity index (χ4v) is 4.85. The monoisotopic (exact) mass is 414 g/mol. The third-order valence-electron chi connectivity index (χ3n) is 5.66. The first-order valence-electron chi connectivity index (χ1n) is 9.91.